The fraction of sp³-hybridized carbons (Fsp3) is 0.571. The van der Waals surface area contributed by atoms with Crippen molar-refractivity contribution in [2.24, 2.45) is 5.92 Å². The van der Waals surface area contributed by atoms with Crippen molar-refractivity contribution in [2.45, 2.75) is 33.2 Å². The normalized spacial score (nSPS) is 13.4. The molecule has 1 rings (SSSR count). The van der Waals surface area contributed by atoms with E-state index in [9.17, 15) is 0 Å². The van der Waals surface area contributed by atoms with Crippen LogP contribution in [-0.2, 0) is 0 Å². The molecule has 0 aliphatic carbocycles. The molecule has 0 saturated heterocycles. The molecule has 1 aromatic carbocycles. The Kier molecular flexibility index (Phi) is 5.96. The lowest BCUT2D eigenvalue weighted by Gasteiger charge is -2.23. The van der Waals surface area contributed by atoms with E-state index in [1.807, 2.05) is 18.2 Å². The molecule has 102 valence electrons. The second-order valence-electron chi connectivity index (χ2n) is 5.62. The monoisotopic (exact) mass is 333 g/mol. The topological polar surface area (TPSA) is 21.3 Å². The van der Waals surface area contributed by atoms with E-state index < -0.39 is 0 Å². The second kappa shape index (κ2) is 6.78. The molecule has 0 fully saturated rings. The molecule has 4 heteroatoms. The van der Waals surface area contributed by atoms with Gasteiger partial charge in [0.05, 0.1) is 11.6 Å². The summed E-state index contributed by atoms with van der Waals surface area (Å²) in [7, 11) is 0. The average molecular weight is 335 g/mol. The summed E-state index contributed by atoms with van der Waals surface area (Å²) in [5, 5.41) is 4.11. The summed E-state index contributed by atoms with van der Waals surface area (Å²) >= 11 is 9.48. The highest BCUT2D eigenvalue weighted by atomic mass is 79.9. The maximum Gasteiger partial charge on any atom is 0.139 e. The first-order valence-corrected chi connectivity index (χ1v) is 7.28. The minimum Gasteiger partial charge on any atom is -0.492 e. The third kappa shape index (κ3) is 6.07. The minimum absolute atomic E-state index is 0.141. The third-order valence-corrected chi connectivity index (χ3v) is 3.20. The van der Waals surface area contributed by atoms with Crippen molar-refractivity contribution in [3.05, 3.63) is 27.7 Å². The number of ether oxygens (including phenoxy) is 1. The molecule has 0 bridgehead atoms. The smallest absolute Gasteiger partial charge is 0.139 e. The van der Waals surface area contributed by atoms with E-state index in [1.54, 1.807) is 0 Å². The summed E-state index contributed by atoms with van der Waals surface area (Å²) in [5.74, 6) is 1.16. The molecule has 2 nitrogen and oxygen atoms in total. The Morgan fingerprint density at radius 2 is 2.06 bits per heavy atom. The van der Waals surface area contributed by atoms with E-state index in [0.717, 1.165) is 16.8 Å². The lowest BCUT2D eigenvalue weighted by Crippen LogP contribution is -2.39. The van der Waals surface area contributed by atoms with Gasteiger partial charge < -0.3 is 10.1 Å². The van der Waals surface area contributed by atoms with Gasteiger partial charge in [0.1, 0.15) is 5.75 Å². The van der Waals surface area contributed by atoms with Crippen molar-refractivity contribution in [2.75, 3.05) is 13.2 Å². The van der Waals surface area contributed by atoms with Crippen LogP contribution in [-0.4, -0.2) is 18.7 Å². The second-order valence-corrected chi connectivity index (χ2v) is 6.94. The number of halogens is 2. The molecule has 0 heterocycles. The molecule has 0 aliphatic rings. The van der Waals surface area contributed by atoms with E-state index in [-0.39, 0.29) is 5.54 Å². The Morgan fingerprint density at radius 3 is 2.67 bits per heavy atom. The molecule has 0 saturated carbocycles. The molecule has 0 aromatic heterocycles. The predicted octanol–water partition coefficient (Wildman–Crippen LogP) is 4.51. The van der Waals surface area contributed by atoms with Gasteiger partial charge in [-0.2, -0.15) is 0 Å². The summed E-state index contributed by atoms with van der Waals surface area (Å²) < 4.78 is 6.72. The first-order chi connectivity index (χ1) is 8.28. The van der Waals surface area contributed by atoms with E-state index in [4.69, 9.17) is 16.3 Å². The number of benzene rings is 1. The van der Waals surface area contributed by atoms with Gasteiger partial charge in [0.15, 0.2) is 0 Å². The van der Waals surface area contributed by atoms with Crippen LogP contribution in [0.1, 0.15) is 27.7 Å². The highest BCUT2D eigenvalue weighted by Crippen LogP contribution is 2.28. The highest BCUT2D eigenvalue weighted by molar-refractivity contribution is 9.10. The van der Waals surface area contributed by atoms with Crippen molar-refractivity contribution >= 4 is 27.5 Å². The molecule has 0 amide bonds. The molecule has 1 aromatic rings. The Morgan fingerprint density at radius 1 is 1.39 bits per heavy atom. The zero-order chi connectivity index (χ0) is 13.8. The van der Waals surface area contributed by atoms with Gasteiger partial charge in [-0.15, -0.1) is 0 Å². The molecule has 18 heavy (non-hydrogen) atoms. The van der Waals surface area contributed by atoms with Crippen molar-refractivity contribution in [1.29, 1.82) is 0 Å². The van der Waals surface area contributed by atoms with Gasteiger partial charge in [-0.05, 0) is 39.0 Å². The lowest BCUT2D eigenvalue weighted by molar-refractivity contribution is 0.244. The van der Waals surface area contributed by atoms with Crippen LogP contribution in [0.4, 0.5) is 0 Å². The first kappa shape index (κ1) is 15.8. The fourth-order valence-corrected chi connectivity index (χ4v) is 1.87. The van der Waals surface area contributed by atoms with Gasteiger partial charge in [-0.25, -0.2) is 0 Å². The molecule has 1 unspecified atom stereocenters. The van der Waals surface area contributed by atoms with Crippen molar-refractivity contribution in [1.82, 2.24) is 5.32 Å². The standard InChI is InChI=1S/C14H21BrClNO/c1-10(8-17-14(2,3)4)9-18-13-7-11(15)5-6-12(13)16/h5-7,10,17H,8-9H2,1-4H3. The van der Waals surface area contributed by atoms with Gasteiger partial charge in [0.2, 0.25) is 0 Å². The molecule has 1 N–H and O–H groups in total. The third-order valence-electron chi connectivity index (χ3n) is 2.40. The largest absolute Gasteiger partial charge is 0.492 e. The summed E-state index contributed by atoms with van der Waals surface area (Å²) in [4.78, 5) is 0. The number of nitrogens with one attached hydrogen (secondary N) is 1. The number of hydrogen-bond donors (Lipinski definition) is 1. The molecule has 0 spiro atoms. The van der Waals surface area contributed by atoms with Crippen LogP contribution >= 0.6 is 27.5 Å². The zero-order valence-corrected chi connectivity index (χ0v) is 13.7. The van der Waals surface area contributed by atoms with Crippen molar-refractivity contribution < 1.29 is 4.74 Å². The zero-order valence-electron chi connectivity index (χ0n) is 11.4. The summed E-state index contributed by atoms with van der Waals surface area (Å²) in [6.07, 6.45) is 0. The van der Waals surface area contributed by atoms with E-state index in [1.165, 1.54) is 0 Å². The van der Waals surface area contributed by atoms with Crippen molar-refractivity contribution in [3.8, 4) is 5.75 Å². The van der Waals surface area contributed by atoms with Crippen LogP contribution in [0.2, 0.25) is 5.02 Å². The summed E-state index contributed by atoms with van der Waals surface area (Å²) in [5.41, 5.74) is 0.141. The van der Waals surface area contributed by atoms with Gasteiger partial charge in [0, 0.05) is 22.5 Å². The van der Waals surface area contributed by atoms with Crippen LogP contribution in [0.5, 0.6) is 5.75 Å². The van der Waals surface area contributed by atoms with E-state index in [0.29, 0.717) is 17.5 Å². The molecule has 0 aliphatic heterocycles. The van der Waals surface area contributed by atoms with Crippen LogP contribution in [0, 0.1) is 5.92 Å². The SMILES string of the molecule is CC(CNC(C)(C)C)COc1cc(Br)ccc1Cl. The number of rotatable bonds is 5. The Labute approximate surface area is 123 Å². The maximum atomic E-state index is 6.07. The highest BCUT2D eigenvalue weighted by Gasteiger charge is 2.12. The molecular formula is C14H21BrClNO. The summed E-state index contributed by atoms with van der Waals surface area (Å²) in [6, 6.07) is 5.63. The van der Waals surface area contributed by atoms with Gasteiger partial charge in [-0.3, -0.25) is 0 Å². The average Bonchev–Trinajstić information content (AvgIpc) is 2.26. The molecular weight excluding hydrogens is 314 g/mol. The van der Waals surface area contributed by atoms with Crippen LogP contribution in [0.25, 0.3) is 0 Å². The molecule has 0 radical (unpaired) electrons. The Bertz CT molecular complexity index is 390. The maximum absolute atomic E-state index is 6.07. The lowest BCUT2D eigenvalue weighted by atomic mass is 10.1. The van der Waals surface area contributed by atoms with Gasteiger partial charge >= 0.3 is 0 Å². The van der Waals surface area contributed by atoms with Gasteiger partial charge in [0.25, 0.3) is 0 Å². The van der Waals surface area contributed by atoms with E-state index in [2.05, 4.69) is 48.9 Å². The van der Waals surface area contributed by atoms with Crippen LogP contribution in [0.3, 0.4) is 0 Å². The molecule has 1 atom stereocenters. The quantitative estimate of drug-likeness (QED) is 0.855. The van der Waals surface area contributed by atoms with Crippen LogP contribution < -0.4 is 10.1 Å². The Hall–Kier alpha value is -0.250. The Balaban J connectivity index is 2.42. The van der Waals surface area contributed by atoms with E-state index >= 15 is 0 Å². The first-order valence-electron chi connectivity index (χ1n) is 6.11. The van der Waals surface area contributed by atoms with Crippen LogP contribution in [0.15, 0.2) is 22.7 Å². The van der Waals surface area contributed by atoms with Crippen molar-refractivity contribution in [3.63, 3.8) is 0 Å². The fourth-order valence-electron chi connectivity index (χ4n) is 1.36. The number of hydrogen-bond acceptors (Lipinski definition) is 2. The van der Waals surface area contributed by atoms with Gasteiger partial charge in [-0.1, -0.05) is 34.5 Å². The minimum atomic E-state index is 0.141. The summed E-state index contributed by atoms with van der Waals surface area (Å²) in [6.45, 7) is 10.2. The predicted molar refractivity (Wildman–Crippen MR) is 81.6 cm³/mol.